The van der Waals surface area contributed by atoms with Gasteiger partial charge >= 0.3 is 12.1 Å². The number of amides is 1. The standard InChI is InChI=1S/C45H64N2O10/c1-12-36-45(8)39(47(43(51)57-45)23-22-32-18-20-34(21-19-32)54-33-16-14-13-15-17-33)31(6)37(48)29(4)26-44(7,52-11)40(27(2)24-28(3)41(50)55-36)56-42-38(49)35(46(9)10)25-30(5)53-42/h13-21,24,27,29-31,35-36,38-40,42,49H,12,22-23,25-26H2,1-11H3/b28-24+/t27-,29+,30+,31-,35-,36?,38+,39+,40+,42-,44+,45+/m0/s1. The summed E-state index contributed by atoms with van der Waals surface area (Å²) in [5, 5.41) is 11.4. The van der Waals surface area contributed by atoms with Crippen LogP contribution >= 0.6 is 0 Å². The van der Waals surface area contributed by atoms with Crippen molar-refractivity contribution in [2.45, 2.75) is 135 Å². The summed E-state index contributed by atoms with van der Waals surface area (Å²) >= 11 is 0. The van der Waals surface area contributed by atoms with Crippen molar-refractivity contribution in [2.75, 3.05) is 27.7 Å². The fourth-order valence-electron chi connectivity index (χ4n) is 9.21. The first-order valence-electron chi connectivity index (χ1n) is 20.4. The maximum atomic E-state index is 14.7. The van der Waals surface area contributed by atoms with E-state index in [4.69, 9.17) is 28.4 Å². The summed E-state index contributed by atoms with van der Waals surface area (Å²) in [5.74, 6) is -0.953. The molecule has 2 fully saturated rings. The third kappa shape index (κ3) is 9.74. The number of hydrogen-bond acceptors (Lipinski definition) is 11. The monoisotopic (exact) mass is 792 g/mol. The molecule has 2 aromatic rings. The third-order valence-corrected chi connectivity index (χ3v) is 12.3. The van der Waals surface area contributed by atoms with Crippen LogP contribution in [0.3, 0.4) is 0 Å². The lowest BCUT2D eigenvalue weighted by molar-refractivity contribution is -0.294. The zero-order chi connectivity index (χ0) is 41.8. The van der Waals surface area contributed by atoms with E-state index < -0.39 is 71.7 Å². The number of methoxy groups -OCH3 is 1. The van der Waals surface area contributed by atoms with Crippen molar-refractivity contribution in [1.82, 2.24) is 9.80 Å². The Labute approximate surface area is 338 Å². The maximum absolute atomic E-state index is 14.7. The molecule has 12 nitrogen and oxygen atoms in total. The summed E-state index contributed by atoms with van der Waals surface area (Å²) in [6, 6.07) is 16.3. The minimum atomic E-state index is -1.33. The molecule has 0 aliphatic carbocycles. The van der Waals surface area contributed by atoms with Crippen LogP contribution in [0.5, 0.6) is 11.5 Å². The molecule has 2 aromatic carbocycles. The van der Waals surface area contributed by atoms with Crippen LogP contribution in [0.25, 0.3) is 0 Å². The van der Waals surface area contributed by atoms with Gasteiger partial charge in [-0.05, 0) is 97.3 Å². The molecule has 1 N–H and O–H groups in total. The van der Waals surface area contributed by atoms with Crippen LogP contribution < -0.4 is 4.74 Å². The van der Waals surface area contributed by atoms with Crippen molar-refractivity contribution < 1.29 is 47.9 Å². The lowest BCUT2D eigenvalue weighted by atomic mass is 9.74. The second-order valence-electron chi connectivity index (χ2n) is 17.0. The van der Waals surface area contributed by atoms with E-state index in [-0.39, 0.29) is 30.9 Å². The van der Waals surface area contributed by atoms with Gasteiger partial charge in [-0.15, -0.1) is 0 Å². The van der Waals surface area contributed by atoms with Gasteiger partial charge in [0.25, 0.3) is 0 Å². The van der Waals surface area contributed by atoms with Gasteiger partial charge in [-0.3, -0.25) is 9.69 Å². The largest absolute Gasteiger partial charge is 0.457 e. The van der Waals surface area contributed by atoms with Gasteiger partial charge in [0, 0.05) is 43.0 Å². The molecule has 12 atom stereocenters. The van der Waals surface area contributed by atoms with Crippen molar-refractivity contribution in [3.63, 3.8) is 0 Å². The van der Waals surface area contributed by atoms with Crippen LogP contribution in [0, 0.1) is 17.8 Å². The topological polar surface area (TPSA) is 133 Å². The van der Waals surface area contributed by atoms with Gasteiger partial charge in [-0.25, -0.2) is 9.59 Å². The molecule has 0 saturated carbocycles. The van der Waals surface area contributed by atoms with Gasteiger partial charge < -0.3 is 38.4 Å². The second kappa shape index (κ2) is 18.4. The molecule has 57 heavy (non-hydrogen) atoms. The Kier molecular flexibility index (Phi) is 14.3. The zero-order valence-corrected chi connectivity index (χ0v) is 35.6. The second-order valence-corrected chi connectivity index (χ2v) is 17.0. The van der Waals surface area contributed by atoms with E-state index in [1.165, 1.54) is 0 Å². The highest BCUT2D eigenvalue weighted by Crippen LogP contribution is 2.43. The SMILES string of the molecule is CCC1OC(=O)/C(C)=C/[C@H](C)[C@@H](O[C@@H]2O[C@H](C)C[C@H](N(C)C)[C@H]2O)[C@](C)(OC)C[C@@H](C)C(=O)[C@H](C)[C@H]2N(CCc3ccc(Oc4ccccc4)cc3)C(=O)O[C@]12C. The Bertz CT molecular complexity index is 1720. The van der Waals surface area contributed by atoms with E-state index in [2.05, 4.69) is 0 Å². The minimum Gasteiger partial charge on any atom is -0.457 e. The van der Waals surface area contributed by atoms with Crippen molar-refractivity contribution in [1.29, 1.82) is 0 Å². The number of aliphatic hydroxyl groups is 1. The zero-order valence-electron chi connectivity index (χ0n) is 35.6. The number of carbonyl (C=O) groups excluding carboxylic acids is 3. The van der Waals surface area contributed by atoms with E-state index in [1.54, 1.807) is 31.9 Å². The number of esters is 1. The Hall–Kier alpha value is -3.81. The number of para-hydroxylation sites is 1. The number of fused-ring (bicyclic) bond motifs is 1. The van der Waals surface area contributed by atoms with Crippen molar-refractivity contribution in [2.24, 2.45) is 17.8 Å². The number of benzene rings is 2. The van der Waals surface area contributed by atoms with Gasteiger partial charge in [-0.2, -0.15) is 0 Å². The Morgan fingerprint density at radius 3 is 2.23 bits per heavy atom. The maximum Gasteiger partial charge on any atom is 0.410 e. The summed E-state index contributed by atoms with van der Waals surface area (Å²) in [5.41, 5.74) is -1.10. The summed E-state index contributed by atoms with van der Waals surface area (Å²) in [7, 11) is 5.41. The number of carbonyl (C=O) groups is 3. The van der Waals surface area contributed by atoms with Crippen molar-refractivity contribution in [3.8, 4) is 11.5 Å². The third-order valence-electron chi connectivity index (χ3n) is 12.3. The number of rotatable bonds is 10. The van der Waals surface area contributed by atoms with Crippen LogP contribution in [-0.2, 0) is 39.7 Å². The molecule has 0 spiro atoms. The molecule has 5 rings (SSSR count). The Morgan fingerprint density at radius 1 is 0.965 bits per heavy atom. The molecule has 314 valence electrons. The average Bonchev–Trinajstić information content (AvgIpc) is 3.44. The first kappa shape index (κ1) is 44.3. The predicted octanol–water partition coefficient (Wildman–Crippen LogP) is 6.97. The highest BCUT2D eigenvalue weighted by Gasteiger charge is 2.60. The summed E-state index contributed by atoms with van der Waals surface area (Å²) in [4.78, 5) is 46.1. The molecule has 0 aromatic heterocycles. The van der Waals surface area contributed by atoms with Crippen molar-refractivity contribution >= 4 is 17.8 Å². The summed E-state index contributed by atoms with van der Waals surface area (Å²) in [6.07, 6.45) is -0.804. The Morgan fingerprint density at radius 2 is 1.61 bits per heavy atom. The number of ketones is 1. The highest BCUT2D eigenvalue weighted by molar-refractivity contribution is 5.88. The van der Waals surface area contributed by atoms with Crippen LogP contribution in [-0.4, -0.2) is 114 Å². The van der Waals surface area contributed by atoms with Gasteiger partial charge in [0.05, 0.1) is 23.9 Å². The quantitative estimate of drug-likeness (QED) is 0.250. The number of ether oxygens (including phenoxy) is 6. The first-order chi connectivity index (χ1) is 26.9. The summed E-state index contributed by atoms with van der Waals surface area (Å²) < 4.78 is 37.5. The normalized spacial score (nSPS) is 36.5. The number of hydrogen-bond donors (Lipinski definition) is 1. The molecule has 3 aliphatic rings. The smallest absolute Gasteiger partial charge is 0.410 e. The van der Waals surface area contributed by atoms with E-state index >= 15 is 0 Å². The molecular weight excluding hydrogens is 728 g/mol. The fourth-order valence-corrected chi connectivity index (χ4v) is 9.21. The van der Waals surface area contributed by atoms with E-state index in [1.807, 2.05) is 115 Å². The lowest BCUT2D eigenvalue weighted by Crippen LogP contribution is -2.59. The van der Waals surface area contributed by atoms with Crippen LogP contribution in [0.15, 0.2) is 66.2 Å². The molecule has 0 bridgehead atoms. The lowest BCUT2D eigenvalue weighted by Gasteiger charge is -2.47. The van der Waals surface area contributed by atoms with E-state index in [9.17, 15) is 19.5 Å². The van der Waals surface area contributed by atoms with Gasteiger partial charge in [-0.1, -0.05) is 64.1 Å². The molecule has 12 heteroatoms. The number of cyclic esters (lactones) is 1. The van der Waals surface area contributed by atoms with Crippen molar-refractivity contribution in [3.05, 3.63) is 71.8 Å². The van der Waals surface area contributed by atoms with Crippen LogP contribution in [0.1, 0.15) is 80.2 Å². The summed E-state index contributed by atoms with van der Waals surface area (Å²) in [6.45, 7) is 15.1. The molecular formula is C45H64N2O10. The minimum absolute atomic E-state index is 0.0909. The number of aliphatic hydroxyl groups excluding tert-OH is 1. The van der Waals surface area contributed by atoms with Gasteiger partial charge in [0.1, 0.15) is 29.5 Å². The first-order valence-corrected chi connectivity index (χ1v) is 20.4. The number of Topliss-reactive ketones (excluding diaryl/α,β-unsaturated/α-hetero) is 1. The number of nitrogens with zero attached hydrogens (tertiary/aromatic N) is 2. The molecule has 2 saturated heterocycles. The van der Waals surface area contributed by atoms with E-state index in [0.717, 1.165) is 11.3 Å². The van der Waals surface area contributed by atoms with E-state index in [0.29, 0.717) is 30.6 Å². The predicted molar refractivity (Wildman–Crippen MR) is 216 cm³/mol. The van der Waals surface area contributed by atoms with Crippen LogP contribution in [0.2, 0.25) is 0 Å². The average molecular weight is 793 g/mol. The molecule has 3 aliphatic heterocycles. The molecule has 3 heterocycles. The molecule has 1 unspecified atom stereocenters. The Balaban J connectivity index is 1.46. The van der Waals surface area contributed by atoms with Gasteiger partial charge in [0.2, 0.25) is 0 Å². The number of likely N-dealkylation sites (N-methyl/N-ethyl adjacent to an activating group) is 1. The van der Waals surface area contributed by atoms with Crippen LogP contribution in [0.4, 0.5) is 4.79 Å². The molecule has 1 amide bonds. The van der Waals surface area contributed by atoms with Gasteiger partial charge in [0.15, 0.2) is 11.9 Å². The fraction of sp³-hybridized carbons (Fsp3) is 0.622. The highest BCUT2D eigenvalue weighted by atomic mass is 16.7. The molecule has 0 radical (unpaired) electrons.